The molecule has 0 bridgehead atoms. The normalized spacial score (nSPS) is 21.2. The number of aryl methyl sites for hydroxylation is 1. The number of nitrogens with zero attached hydrogens (tertiary/aromatic N) is 3. The van der Waals surface area contributed by atoms with Crippen LogP contribution in [0.3, 0.4) is 0 Å². The van der Waals surface area contributed by atoms with Gasteiger partial charge in [0, 0.05) is 19.6 Å². The van der Waals surface area contributed by atoms with Crippen molar-refractivity contribution < 1.29 is 17.9 Å². The SMILES string of the molecule is Cc1ccc(S(=O)(=O)N2CC(C)CCC2c2ccc3sc(C4=CCN(C(=O)OC(C)(C)C)CC4)nc3c2)cc1. The predicted octanol–water partition coefficient (Wildman–Crippen LogP) is 6.79. The maximum atomic E-state index is 13.7. The van der Waals surface area contributed by atoms with Crippen LogP contribution in [0, 0.1) is 12.8 Å². The van der Waals surface area contributed by atoms with Crippen LogP contribution in [0.4, 0.5) is 4.79 Å². The predicted molar refractivity (Wildman–Crippen MR) is 156 cm³/mol. The van der Waals surface area contributed by atoms with Crippen molar-refractivity contribution >= 4 is 43.2 Å². The van der Waals surface area contributed by atoms with Gasteiger partial charge >= 0.3 is 6.09 Å². The Bertz CT molecular complexity index is 1500. The lowest BCUT2D eigenvalue weighted by Crippen LogP contribution is -2.41. The first-order valence-corrected chi connectivity index (χ1v) is 15.8. The molecule has 0 aliphatic carbocycles. The molecule has 2 aromatic carbocycles. The van der Waals surface area contributed by atoms with Gasteiger partial charge < -0.3 is 9.64 Å². The van der Waals surface area contributed by atoms with Crippen LogP contribution in [-0.4, -0.2) is 53.9 Å². The van der Waals surface area contributed by atoms with E-state index in [0.717, 1.165) is 51.2 Å². The van der Waals surface area contributed by atoms with Gasteiger partial charge in [-0.15, -0.1) is 11.3 Å². The van der Waals surface area contributed by atoms with Gasteiger partial charge in [0.05, 0.1) is 21.2 Å². The van der Waals surface area contributed by atoms with Crippen LogP contribution in [0.15, 0.2) is 53.4 Å². The molecular formula is C30H37N3O4S2. The van der Waals surface area contributed by atoms with E-state index in [9.17, 15) is 13.2 Å². The van der Waals surface area contributed by atoms with Crippen LogP contribution >= 0.6 is 11.3 Å². The van der Waals surface area contributed by atoms with Crippen LogP contribution in [0.2, 0.25) is 0 Å². The number of hydrogen-bond acceptors (Lipinski definition) is 6. The first kappa shape index (κ1) is 27.8. The number of benzene rings is 2. The Balaban J connectivity index is 1.39. The van der Waals surface area contributed by atoms with Crippen LogP contribution in [0.1, 0.15) is 69.1 Å². The van der Waals surface area contributed by atoms with Crippen molar-refractivity contribution in [2.75, 3.05) is 19.6 Å². The molecule has 1 aromatic heterocycles. The number of carbonyl (C=O) groups is 1. The van der Waals surface area contributed by atoms with Crippen LogP contribution in [0.5, 0.6) is 0 Å². The minimum absolute atomic E-state index is 0.224. The first-order valence-electron chi connectivity index (χ1n) is 13.6. The summed E-state index contributed by atoms with van der Waals surface area (Å²) in [7, 11) is -3.63. The average Bonchev–Trinajstić information content (AvgIpc) is 3.31. The largest absolute Gasteiger partial charge is 0.444 e. The first-order chi connectivity index (χ1) is 18.4. The van der Waals surface area contributed by atoms with Gasteiger partial charge in [0.1, 0.15) is 10.6 Å². The van der Waals surface area contributed by atoms with Crippen molar-refractivity contribution in [2.24, 2.45) is 5.92 Å². The molecule has 5 rings (SSSR count). The zero-order valence-electron chi connectivity index (χ0n) is 23.3. The van der Waals surface area contributed by atoms with Crippen LogP contribution < -0.4 is 0 Å². The molecule has 9 heteroatoms. The van der Waals surface area contributed by atoms with E-state index in [1.54, 1.807) is 32.7 Å². The lowest BCUT2D eigenvalue weighted by Gasteiger charge is -2.38. The maximum Gasteiger partial charge on any atom is 0.410 e. The molecule has 2 aliphatic heterocycles. The lowest BCUT2D eigenvalue weighted by atomic mass is 9.92. The molecule has 39 heavy (non-hydrogen) atoms. The number of hydrogen-bond donors (Lipinski definition) is 0. The van der Waals surface area contributed by atoms with Gasteiger partial charge in [-0.1, -0.05) is 36.8 Å². The Morgan fingerprint density at radius 3 is 2.51 bits per heavy atom. The van der Waals surface area contributed by atoms with Crippen LogP contribution in [0.25, 0.3) is 15.8 Å². The third kappa shape index (κ3) is 6.05. The molecule has 0 spiro atoms. The fraction of sp³-hybridized carbons (Fsp3) is 0.467. The Morgan fingerprint density at radius 2 is 1.85 bits per heavy atom. The summed E-state index contributed by atoms with van der Waals surface area (Å²) in [5.41, 5.74) is 3.52. The van der Waals surface area contributed by atoms with Gasteiger partial charge in [0.15, 0.2) is 0 Å². The number of amides is 1. The fourth-order valence-corrected chi connectivity index (χ4v) is 7.98. The van der Waals surface area contributed by atoms with Gasteiger partial charge in [-0.3, -0.25) is 0 Å². The van der Waals surface area contributed by atoms with E-state index >= 15 is 0 Å². The van der Waals surface area contributed by atoms with Gasteiger partial charge in [0.2, 0.25) is 10.0 Å². The Kier molecular flexibility index (Phi) is 7.61. The topological polar surface area (TPSA) is 79.8 Å². The molecule has 2 aliphatic rings. The molecule has 7 nitrogen and oxygen atoms in total. The molecule has 1 amide bonds. The monoisotopic (exact) mass is 567 g/mol. The van der Waals surface area contributed by atoms with Crippen molar-refractivity contribution in [3.63, 3.8) is 0 Å². The second-order valence-corrected chi connectivity index (χ2v) is 14.7. The summed E-state index contributed by atoms with van der Waals surface area (Å²) < 4.78 is 35.7. The van der Waals surface area contributed by atoms with Gasteiger partial charge in [-0.05, 0) is 88.3 Å². The summed E-state index contributed by atoms with van der Waals surface area (Å²) in [6.45, 7) is 11.3. The Morgan fingerprint density at radius 1 is 1.10 bits per heavy atom. The Labute approximate surface area is 235 Å². The maximum absolute atomic E-state index is 13.7. The van der Waals surface area contributed by atoms with Crippen molar-refractivity contribution in [1.82, 2.24) is 14.2 Å². The molecule has 2 atom stereocenters. The number of aromatic nitrogens is 1. The lowest BCUT2D eigenvalue weighted by molar-refractivity contribution is 0.0270. The summed E-state index contributed by atoms with van der Waals surface area (Å²) in [5.74, 6) is 0.301. The van der Waals surface area contributed by atoms with E-state index in [4.69, 9.17) is 9.72 Å². The second-order valence-electron chi connectivity index (χ2n) is 11.7. The number of rotatable bonds is 4. The highest BCUT2D eigenvalue weighted by Gasteiger charge is 2.37. The third-order valence-electron chi connectivity index (χ3n) is 7.33. The Hall–Kier alpha value is -2.75. The molecule has 0 N–H and O–H groups in total. The van der Waals surface area contributed by atoms with E-state index in [1.807, 2.05) is 39.8 Å². The molecule has 1 fully saturated rings. The highest BCUT2D eigenvalue weighted by atomic mass is 32.2. The zero-order valence-corrected chi connectivity index (χ0v) is 24.9. The summed E-state index contributed by atoms with van der Waals surface area (Å²) in [6.07, 6.45) is 4.24. The zero-order chi connectivity index (χ0) is 27.9. The molecule has 1 saturated heterocycles. The smallest absolute Gasteiger partial charge is 0.410 e. The second kappa shape index (κ2) is 10.7. The van der Waals surface area contributed by atoms with E-state index in [-0.39, 0.29) is 12.1 Å². The minimum atomic E-state index is -3.63. The number of piperidine rings is 1. The highest BCUT2D eigenvalue weighted by Crippen LogP contribution is 2.39. The standard InChI is InChI=1S/C30H37N3O4S2/c1-20-6-10-24(11-7-20)39(35,36)33-19-21(2)8-12-26(33)23-9-13-27-25(18-23)31-28(38-27)22-14-16-32(17-15-22)29(34)37-30(3,4)5/h6-7,9-11,13-14,18,21,26H,8,12,15-17,19H2,1-5H3. The van der Waals surface area contributed by atoms with Gasteiger partial charge in [-0.2, -0.15) is 4.31 Å². The summed E-state index contributed by atoms with van der Waals surface area (Å²) in [5, 5.41) is 0.951. The van der Waals surface area contributed by atoms with E-state index in [0.29, 0.717) is 30.4 Å². The number of carbonyl (C=O) groups excluding carboxylic acids is 1. The number of thiazole rings is 1. The van der Waals surface area contributed by atoms with E-state index in [2.05, 4.69) is 31.2 Å². The quantitative estimate of drug-likeness (QED) is 0.347. The molecule has 3 aromatic rings. The van der Waals surface area contributed by atoms with E-state index < -0.39 is 15.6 Å². The van der Waals surface area contributed by atoms with E-state index in [1.165, 1.54) is 0 Å². The molecule has 208 valence electrons. The van der Waals surface area contributed by atoms with Crippen molar-refractivity contribution in [3.05, 3.63) is 64.7 Å². The van der Waals surface area contributed by atoms with Crippen molar-refractivity contribution in [1.29, 1.82) is 0 Å². The van der Waals surface area contributed by atoms with Crippen LogP contribution in [-0.2, 0) is 14.8 Å². The molecule has 0 radical (unpaired) electrons. The van der Waals surface area contributed by atoms with Crippen molar-refractivity contribution in [3.8, 4) is 0 Å². The number of ether oxygens (including phenoxy) is 1. The third-order valence-corrected chi connectivity index (χ3v) is 10.3. The average molecular weight is 568 g/mol. The molecule has 3 heterocycles. The molecule has 2 unspecified atom stereocenters. The number of fused-ring (bicyclic) bond motifs is 1. The number of sulfonamides is 1. The van der Waals surface area contributed by atoms with Crippen molar-refractivity contribution in [2.45, 2.75) is 70.4 Å². The summed E-state index contributed by atoms with van der Waals surface area (Å²) >= 11 is 1.64. The molecular weight excluding hydrogens is 530 g/mol. The van der Waals surface area contributed by atoms with Gasteiger partial charge in [0.25, 0.3) is 0 Å². The molecule has 0 saturated carbocycles. The summed E-state index contributed by atoms with van der Waals surface area (Å²) in [6, 6.07) is 13.1. The van der Waals surface area contributed by atoms with Gasteiger partial charge in [-0.25, -0.2) is 18.2 Å². The highest BCUT2D eigenvalue weighted by molar-refractivity contribution is 7.89. The minimum Gasteiger partial charge on any atom is -0.444 e. The fourth-order valence-electron chi connectivity index (χ4n) is 5.20. The summed E-state index contributed by atoms with van der Waals surface area (Å²) in [4.78, 5) is 19.4.